The Kier molecular flexibility index (Phi) is 4.13. The van der Waals surface area contributed by atoms with E-state index in [2.05, 4.69) is 0 Å². The SMILES string of the molecule is O=C(O)C(=C(C(=O)O)c1ccc(O)cc1)c1ccc(O)cc1. The molecule has 22 heavy (non-hydrogen) atoms. The third kappa shape index (κ3) is 3.06. The van der Waals surface area contributed by atoms with E-state index in [9.17, 15) is 30.0 Å². The van der Waals surface area contributed by atoms with Crippen molar-refractivity contribution in [3.63, 3.8) is 0 Å². The highest BCUT2D eigenvalue weighted by atomic mass is 16.4. The van der Waals surface area contributed by atoms with Gasteiger partial charge in [-0.05, 0) is 35.4 Å². The zero-order valence-electron chi connectivity index (χ0n) is 11.2. The summed E-state index contributed by atoms with van der Waals surface area (Å²) >= 11 is 0. The lowest BCUT2D eigenvalue weighted by Crippen LogP contribution is -2.10. The van der Waals surface area contributed by atoms with E-state index >= 15 is 0 Å². The van der Waals surface area contributed by atoms with Gasteiger partial charge in [-0.25, -0.2) is 9.59 Å². The molecule has 112 valence electrons. The highest BCUT2D eigenvalue weighted by molar-refractivity contribution is 6.36. The van der Waals surface area contributed by atoms with Crippen LogP contribution in [0.25, 0.3) is 11.1 Å². The van der Waals surface area contributed by atoms with Gasteiger partial charge in [0, 0.05) is 0 Å². The first kappa shape index (κ1) is 15.1. The van der Waals surface area contributed by atoms with E-state index in [0.29, 0.717) is 0 Å². The molecule has 0 aliphatic carbocycles. The van der Waals surface area contributed by atoms with Gasteiger partial charge in [0.25, 0.3) is 0 Å². The lowest BCUT2D eigenvalue weighted by Gasteiger charge is -2.10. The van der Waals surface area contributed by atoms with Crippen LogP contribution in [-0.2, 0) is 9.59 Å². The van der Waals surface area contributed by atoms with Crippen LogP contribution in [0.3, 0.4) is 0 Å². The number of carboxylic acids is 2. The van der Waals surface area contributed by atoms with Crippen molar-refractivity contribution in [1.29, 1.82) is 0 Å². The Morgan fingerprint density at radius 1 is 0.591 bits per heavy atom. The van der Waals surface area contributed by atoms with Crippen LogP contribution in [0.4, 0.5) is 0 Å². The number of phenolic OH excluding ortho intramolecular Hbond substituents is 2. The molecule has 0 fully saturated rings. The van der Waals surface area contributed by atoms with E-state index in [1.165, 1.54) is 48.5 Å². The highest BCUT2D eigenvalue weighted by Crippen LogP contribution is 2.29. The number of carbonyl (C=O) groups is 2. The minimum atomic E-state index is -1.41. The average Bonchev–Trinajstić information content (AvgIpc) is 2.46. The lowest BCUT2D eigenvalue weighted by molar-refractivity contribution is -0.132. The summed E-state index contributed by atoms with van der Waals surface area (Å²) in [6.07, 6.45) is 0. The summed E-state index contributed by atoms with van der Waals surface area (Å²) in [5, 5.41) is 37.3. The molecule has 6 nitrogen and oxygen atoms in total. The molecule has 2 aromatic rings. The van der Waals surface area contributed by atoms with E-state index in [1.807, 2.05) is 0 Å². The summed E-state index contributed by atoms with van der Waals surface area (Å²) in [5.41, 5.74) is -0.511. The molecule has 0 aliphatic rings. The van der Waals surface area contributed by atoms with Crippen LogP contribution in [0, 0.1) is 0 Å². The number of phenols is 2. The largest absolute Gasteiger partial charge is 0.508 e. The van der Waals surface area contributed by atoms with Crippen molar-refractivity contribution in [2.75, 3.05) is 0 Å². The molecule has 0 aromatic heterocycles. The topological polar surface area (TPSA) is 115 Å². The number of hydrogen-bond donors (Lipinski definition) is 4. The number of aliphatic carboxylic acids is 2. The van der Waals surface area contributed by atoms with Crippen LogP contribution in [0.15, 0.2) is 48.5 Å². The monoisotopic (exact) mass is 300 g/mol. The van der Waals surface area contributed by atoms with E-state index in [4.69, 9.17) is 0 Å². The van der Waals surface area contributed by atoms with Gasteiger partial charge >= 0.3 is 11.9 Å². The summed E-state index contributed by atoms with van der Waals surface area (Å²) in [6.45, 7) is 0. The standard InChI is InChI=1S/C16H12O6/c17-11-5-1-9(2-6-11)13(15(19)20)14(16(21)22)10-3-7-12(18)8-4-10/h1-8,17-18H,(H,19,20)(H,21,22). The van der Waals surface area contributed by atoms with E-state index < -0.39 is 23.1 Å². The summed E-state index contributed by atoms with van der Waals surface area (Å²) in [5.74, 6) is -2.93. The Morgan fingerprint density at radius 2 is 0.864 bits per heavy atom. The van der Waals surface area contributed by atoms with Gasteiger partial charge in [0.15, 0.2) is 0 Å². The second-order valence-electron chi connectivity index (χ2n) is 4.45. The van der Waals surface area contributed by atoms with Gasteiger partial charge in [-0.15, -0.1) is 0 Å². The first-order valence-electron chi connectivity index (χ1n) is 6.20. The predicted octanol–water partition coefficient (Wildman–Crippen LogP) is 2.18. The lowest BCUT2D eigenvalue weighted by atomic mass is 9.94. The van der Waals surface area contributed by atoms with Crippen molar-refractivity contribution in [2.24, 2.45) is 0 Å². The molecule has 6 heteroatoms. The molecule has 2 aromatic carbocycles. The molecule has 0 atom stereocenters. The van der Waals surface area contributed by atoms with Crippen molar-refractivity contribution in [1.82, 2.24) is 0 Å². The minimum absolute atomic E-state index is 0.0602. The Hall–Kier alpha value is -3.28. The maximum absolute atomic E-state index is 11.5. The van der Waals surface area contributed by atoms with E-state index in [0.717, 1.165) is 0 Å². The van der Waals surface area contributed by atoms with Crippen LogP contribution in [0.1, 0.15) is 11.1 Å². The van der Waals surface area contributed by atoms with Crippen molar-refractivity contribution in [3.8, 4) is 11.5 Å². The van der Waals surface area contributed by atoms with Crippen LogP contribution in [-0.4, -0.2) is 32.4 Å². The van der Waals surface area contributed by atoms with Crippen LogP contribution < -0.4 is 0 Å². The molecule has 0 amide bonds. The molecular formula is C16H12O6. The van der Waals surface area contributed by atoms with Crippen molar-refractivity contribution in [3.05, 3.63) is 59.7 Å². The van der Waals surface area contributed by atoms with Gasteiger partial charge in [0.1, 0.15) is 11.5 Å². The van der Waals surface area contributed by atoms with Gasteiger partial charge in [-0.3, -0.25) is 0 Å². The van der Waals surface area contributed by atoms with Crippen molar-refractivity contribution < 1.29 is 30.0 Å². The Labute approximate surface area is 125 Å². The maximum Gasteiger partial charge on any atom is 0.337 e. The highest BCUT2D eigenvalue weighted by Gasteiger charge is 2.23. The number of rotatable bonds is 4. The number of benzene rings is 2. The molecule has 0 heterocycles. The first-order valence-corrected chi connectivity index (χ1v) is 6.20. The molecule has 0 bridgehead atoms. The number of hydrogen-bond acceptors (Lipinski definition) is 4. The molecule has 0 saturated carbocycles. The fourth-order valence-corrected chi connectivity index (χ4v) is 2.01. The van der Waals surface area contributed by atoms with Crippen LogP contribution >= 0.6 is 0 Å². The molecule has 2 rings (SSSR count). The fraction of sp³-hybridized carbons (Fsp3) is 0. The molecular weight excluding hydrogens is 288 g/mol. The summed E-state index contributed by atoms with van der Waals surface area (Å²) in [7, 11) is 0. The third-order valence-electron chi connectivity index (χ3n) is 2.99. The molecule has 0 saturated heterocycles. The number of carboxylic acid groups (broad SMARTS) is 2. The van der Waals surface area contributed by atoms with Gasteiger partial charge < -0.3 is 20.4 Å². The Bertz CT molecular complexity index is 676. The Balaban J connectivity index is 2.73. The average molecular weight is 300 g/mol. The van der Waals surface area contributed by atoms with Crippen molar-refractivity contribution in [2.45, 2.75) is 0 Å². The van der Waals surface area contributed by atoms with Gasteiger partial charge in [-0.1, -0.05) is 24.3 Å². The Morgan fingerprint density at radius 3 is 1.09 bits per heavy atom. The van der Waals surface area contributed by atoms with E-state index in [-0.39, 0.29) is 22.6 Å². The summed E-state index contributed by atoms with van der Waals surface area (Å²) < 4.78 is 0. The van der Waals surface area contributed by atoms with Crippen LogP contribution in [0.5, 0.6) is 11.5 Å². The quantitative estimate of drug-likeness (QED) is 0.508. The predicted molar refractivity (Wildman–Crippen MR) is 78.3 cm³/mol. The zero-order valence-corrected chi connectivity index (χ0v) is 11.2. The first-order chi connectivity index (χ1) is 10.4. The van der Waals surface area contributed by atoms with Gasteiger partial charge in [-0.2, -0.15) is 0 Å². The second-order valence-corrected chi connectivity index (χ2v) is 4.45. The summed E-state index contributed by atoms with van der Waals surface area (Å²) in [4.78, 5) is 23.1. The van der Waals surface area contributed by atoms with Gasteiger partial charge in [0.05, 0.1) is 11.1 Å². The maximum atomic E-state index is 11.5. The smallest absolute Gasteiger partial charge is 0.337 e. The normalized spacial score (nSPS) is 11.6. The molecule has 4 N–H and O–H groups in total. The molecule has 0 radical (unpaired) electrons. The van der Waals surface area contributed by atoms with Crippen molar-refractivity contribution >= 4 is 23.1 Å². The minimum Gasteiger partial charge on any atom is -0.508 e. The zero-order chi connectivity index (χ0) is 16.3. The van der Waals surface area contributed by atoms with Crippen LogP contribution in [0.2, 0.25) is 0 Å². The van der Waals surface area contributed by atoms with Gasteiger partial charge in [0.2, 0.25) is 0 Å². The fourth-order valence-electron chi connectivity index (χ4n) is 2.01. The van der Waals surface area contributed by atoms with E-state index in [1.54, 1.807) is 0 Å². The third-order valence-corrected chi connectivity index (χ3v) is 2.99. The molecule has 0 spiro atoms. The number of aromatic hydroxyl groups is 2. The summed E-state index contributed by atoms with van der Waals surface area (Å²) in [6, 6.07) is 10.4. The second kappa shape index (κ2) is 6.01. The molecule has 0 unspecified atom stereocenters. The molecule has 0 aliphatic heterocycles.